The summed E-state index contributed by atoms with van der Waals surface area (Å²) in [5, 5.41) is 2.44. The van der Waals surface area contributed by atoms with Crippen LogP contribution in [0.1, 0.15) is 12.0 Å². The van der Waals surface area contributed by atoms with Crippen molar-refractivity contribution in [3.05, 3.63) is 29.8 Å². The number of amides is 2. The highest BCUT2D eigenvalue weighted by Crippen LogP contribution is 2.29. The predicted molar refractivity (Wildman–Crippen MR) is 78.8 cm³/mol. The maximum Gasteiger partial charge on any atom is 0.416 e. The number of nitrogens with one attached hydrogen (secondary N) is 1. The van der Waals surface area contributed by atoms with Gasteiger partial charge in [0.2, 0.25) is 11.8 Å². The number of hydrogen-bond donors (Lipinski definition) is 1. The van der Waals surface area contributed by atoms with Crippen LogP contribution >= 0.6 is 0 Å². The lowest BCUT2D eigenvalue weighted by Crippen LogP contribution is -2.47. The van der Waals surface area contributed by atoms with Crippen LogP contribution in [0.15, 0.2) is 24.3 Å². The highest BCUT2D eigenvalue weighted by molar-refractivity contribution is 6.03. The topological polar surface area (TPSA) is 52.7 Å². The smallest absolute Gasteiger partial charge is 0.340 e. The van der Waals surface area contributed by atoms with Crippen molar-refractivity contribution in [3.63, 3.8) is 0 Å². The average Bonchev–Trinajstić information content (AvgIpc) is 2.47. The van der Waals surface area contributed by atoms with E-state index in [4.69, 9.17) is 0 Å². The number of piperazine rings is 1. The molecule has 5 nitrogen and oxygen atoms in total. The Labute approximate surface area is 132 Å². The molecule has 0 atom stereocenters. The number of alkyl halides is 3. The Morgan fingerprint density at radius 2 is 1.65 bits per heavy atom. The molecular formula is C15H18F3N3O2. The molecule has 0 radical (unpaired) electrons. The van der Waals surface area contributed by atoms with Gasteiger partial charge < -0.3 is 15.1 Å². The third kappa shape index (κ3) is 4.95. The molecule has 2 rings (SSSR count). The van der Waals surface area contributed by atoms with E-state index >= 15 is 0 Å². The Kier molecular flexibility index (Phi) is 5.25. The lowest BCUT2D eigenvalue weighted by Gasteiger charge is -2.32. The number of halogens is 3. The first-order chi connectivity index (χ1) is 10.8. The second-order valence-corrected chi connectivity index (χ2v) is 5.48. The van der Waals surface area contributed by atoms with E-state index < -0.39 is 17.6 Å². The molecule has 0 aromatic heterocycles. The number of likely N-dealkylation sites (N-methyl/N-ethyl adjacent to an activating group) is 1. The maximum absolute atomic E-state index is 12.4. The summed E-state index contributed by atoms with van der Waals surface area (Å²) in [4.78, 5) is 27.5. The number of anilines is 1. The van der Waals surface area contributed by atoms with Gasteiger partial charge >= 0.3 is 6.18 Å². The fourth-order valence-electron chi connectivity index (χ4n) is 2.25. The second kappa shape index (κ2) is 6.99. The Balaban J connectivity index is 1.86. The van der Waals surface area contributed by atoms with Gasteiger partial charge in [0.25, 0.3) is 0 Å². The molecule has 23 heavy (non-hydrogen) atoms. The summed E-state index contributed by atoms with van der Waals surface area (Å²) in [5.74, 6) is -0.809. The zero-order chi connectivity index (χ0) is 17.0. The normalized spacial score (nSPS) is 16.3. The summed E-state index contributed by atoms with van der Waals surface area (Å²) in [7, 11) is 1.96. The van der Waals surface area contributed by atoms with Gasteiger partial charge in [0.15, 0.2) is 0 Å². The van der Waals surface area contributed by atoms with Crippen molar-refractivity contribution in [2.45, 2.75) is 12.6 Å². The molecule has 0 bridgehead atoms. The minimum absolute atomic E-state index is 0.231. The van der Waals surface area contributed by atoms with Gasteiger partial charge in [0.1, 0.15) is 6.42 Å². The molecule has 1 fully saturated rings. The van der Waals surface area contributed by atoms with E-state index in [1.165, 1.54) is 12.1 Å². The Morgan fingerprint density at radius 3 is 2.17 bits per heavy atom. The molecule has 1 N–H and O–H groups in total. The summed E-state index contributed by atoms with van der Waals surface area (Å²) >= 11 is 0. The van der Waals surface area contributed by atoms with Crippen LogP contribution in [-0.2, 0) is 15.8 Å². The van der Waals surface area contributed by atoms with Crippen LogP contribution in [0.5, 0.6) is 0 Å². The van der Waals surface area contributed by atoms with E-state index in [2.05, 4.69) is 10.2 Å². The van der Waals surface area contributed by atoms with Gasteiger partial charge in [0, 0.05) is 31.9 Å². The lowest BCUT2D eigenvalue weighted by atomic mass is 10.2. The first kappa shape index (κ1) is 17.3. The van der Waals surface area contributed by atoms with Crippen molar-refractivity contribution in [2.24, 2.45) is 0 Å². The number of nitrogens with zero attached hydrogens (tertiary/aromatic N) is 2. The minimum Gasteiger partial charge on any atom is -0.340 e. The van der Waals surface area contributed by atoms with Crippen LogP contribution in [0.25, 0.3) is 0 Å². The SMILES string of the molecule is CN1CCN(C(=O)CC(=O)Nc2ccc(C(F)(F)F)cc2)CC1. The van der Waals surface area contributed by atoms with E-state index in [0.29, 0.717) is 13.1 Å². The van der Waals surface area contributed by atoms with Crippen molar-refractivity contribution >= 4 is 17.5 Å². The van der Waals surface area contributed by atoms with Crippen LogP contribution in [0.2, 0.25) is 0 Å². The standard InChI is InChI=1S/C15H18F3N3O2/c1-20-6-8-21(9-7-20)14(23)10-13(22)19-12-4-2-11(3-5-12)15(16,17)18/h2-5H,6-10H2,1H3,(H,19,22). The summed E-state index contributed by atoms with van der Waals surface area (Å²) in [5.41, 5.74) is -0.557. The van der Waals surface area contributed by atoms with Gasteiger partial charge in [-0.3, -0.25) is 9.59 Å². The second-order valence-electron chi connectivity index (χ2n) is 5.48. The van der Waals surface area contributed by atoms with E-state index in [0.717, 1.165) is 25.2 Å². The van der Waals surface area contributed by atoms with Crippen LogP contribution in [0.4, 0.5) is 18.9 Å². The molecule has 0 spiro atoms. The largest absolute Gasteiger partial charge is 0.416 e. The quantitative estimate of drug-likeness (QED) is 0.861. The van der Waals surface area contributed by atoms with Crippen LogP contribution in [0, 0.1) is 0 Å². The fraction of sp³-hybridized carbons (Fsp3) is 0.467. The first-order valence-corrected chi connectivity index (χ1v) is 7.19. The summed E-state index contributed by atoms with van der Waals surface area (Å²) in [6, 6.07) is 4.11. The monoisotopic (exact) mass is 329 g/mol. The molecule has 0 aliphatic carbocycles. The third-order valence-electron chi connectivity index (χ3n) is 3.66. The van der Waals surface area contributed by atoms with Crippen molar-refractivity contribution in [1.29, 1.82) is 0 Å². The molecule has 0 saturated carbocycles. The number of carbonyl (C=O) groups excluding carboxylic acids is 2. The van der Waals surface area contributed by atoms with Crippen molar-refractivity contribution < 1.29 is 22.8 Å². The van der Waals surface area contributed by atoms with E-state index in [-0.39, 0.29) is 18.0 Å². The number of carbonyl (C=O) groups is 2. The van der Waals surface area contributed by atoms with Crippen molar-refractivity contribution in [3.8, 4) is 0 Å². The minimum atomic E-state index is -4.42. The van der Waals surface area contributed by atoms with Crippen molar-refractivity contribution in [2.75, 3.05) is 38.5 Å². The lowest BCUT2D eigenvalue weighted by molar-refractivity contribution is -0.138. The molecule has 1 aromatic rings. The Bertz CT molecular complexity index is 564. The Morgan fingerprint density at radius 1 is 1.09 bits per heavy atom. The van der Waals surface area contributed by atoms with E-state index in [1.54, 1.807) is 4.90 Å². The number of rotatable bonds is 3. The highest BCUT2D eigenvalue weighted by Gasteiger charge is 2.30. The Hall–Kier alpha value is -2.09. The molecule has 126 valence electrons. The van der Waals surface area contributed by atoms with E-state index in [9.17, 15) is 22.8 Å². The van der Waals surface area contributed by atoms with Gasteiger partial charge in [-0.15, -0.1) is 0 Å². The predicted octanol–water partition coefficient (Wildman–Crippen LogP) is 1.81. The average molecular weight is 329 g/mol. The van der Waals surface area contributed by atoms with Gasteiger partial charge in [-0.25, -0.2) is 0 Å². The van der Waals surface area contributed by atoms with Crippen molar-refractivity contribution in [1.82, 2.24) is 9.80 Å². The maximum atomic E-state index is 12.4. The summed E-state index contributed by atoms with van der Waals surface area (Å²) < 4.78 is 37.3. The highest BCUT2D eigenvalue weighted by atomic mass is 19.4. The number of benzene rings is 1. The third-order valence-corrected chi connectivity index (χ3v) is 3.66. The zero-order valence-electron chi connectivity index (χ0n) is 12.7. The molecule has 1 heterocycles. The van der Waals surface area contributed by atoms with Gasteiger partial charge in [-0.05, 0) is 31.3 Å². The van der Waals surface area contributed by atoms with Crippen LogP contribution in [0.3, 0.4) is 0 Å². The number of hydrogen-bond acceptors (Lipinski definition) is 3. The molecular weight excluding hydrogens is 311 g/mol. The van der Waals surface area contributed by atoms with Gasteiger partial charge in [-0.2, -0.15) is 13.2 Å². The molecule has 0 unspecified atom stereocenters. The summed E-state index contributed by atoms with van der Waals surface area (Å²) in [6.07, 6.45) is -4.73. The zero-order valence-corrected chi connectivity index (χ0v) is 12.7. The van der Waals surface area contributed by atoms with E-state index in [1.807, 2.05) is 7.05 Å². The first-order valence-electron chi connectivity index (χ1n) is 7.19. The van der Waals surface area contributed by atoms with Gasteiger partial charge in [0.05, 0.1) is 5.56 Å². The van der Waals surface area contributed by atoms with Crippen LogP contribution < -0.4 is 5.32 Å². The fourth-order valence-corrected chi connectivity index (χ4v) is 2.25. The van der Waals surface area contributed by atoms with Crippen LogP contribution in [-0.4, -0.2) is 54.8 Å². The molecule has 1 saturated heterocycles. The van der Waals surface area contributed by atoms with Gasteiger partial charge in [-0.1, -0.05) is 0 Å². The molecule has 1 aliphatic heterocycles. The molecule has 1 aliphatic rings. The summed E-state index contributed by atoms with van der Waals surface area (Å²) in [6.45, 7) is 2.66. The molecule has 1 aromatic carbocycles. The molecule has 8 heteroatoms. The molecule has 2 amide bonds.